The third kappa shape index (κ3) is 2.24. The normalized spacial score (nSPS) is 13.4. The summed E-state index contributed by atoms with van der Waals surface area (Å²) in [4.78, 5) is 2.38. The SMILES string of the molecule is COc1ccc(CN2CCc3ccccc32)c(N)c1. The number of anilines is 2. The van der Waals surface area contributed by atoms with Gasteiger partial charge in [0.2, 0.25) is 0 Å². The monoisotopic (exact) mass is 254 g/mol. The van der Waals surface area contributed by atoms with Gasteiger partial charge in [0.25, 0.3) is 0 Å². The lowest BCUT2D eigenvalue weighted by atomic mass is 10.1. The molecule has 0 atom stereocenters. The van der Waals surface area contributed by atoms with E-state index in [4.69, 9.17) is 10.5 Å². The lowest BCUT2D eigenvalue weighted by Crippen LogP contribution is -2.20. The van der Waals surface area contributed by atoms with Crippen LogP contribution >= 0.6 is 0 Å². The third-order valence-corrected chi connectivity index (χ3v) is 3.70. The number of ether oxygens (including phenoxy) is 1. The number of hydrogen-bond donors (Lipinski definition) is 1. The zero-order valence-corrected chi connectivity index (χ0v) is 11.1. The van der Waals surface area contributed by atoms with Gasteiger partial charge in [-0.15, -0.1) is 0 Å². The smallest absolute Gasteiger partial charge is 0.120 e. The number of nitrogen functional groups attached to an aromatic ring is 1. The van der Waals surface area contributed by atoms with Gasteiger partial charge in [-0.3, -0.25) is 0 Å². The van der Waals surface area contributed by atoms with E-state index in [-0.39, 0.29) is 0 Å². The van der Waals surface area contributed by atoms with Gasteiger partial charge in [-0.05, 0) is 29.7 Å². The molecule has 0 fully saturated rings. The second-order valence-corrected chi connectivity index (χ2v) is 4.87. The number of methoxy groups -OCH3 is 1. The van der Waals surface area contributed by atoms with Crippen molar-refractivity contribution in [2.45, 2.75) is 13.0 Å². The molecule has 2 aromatic rings. The molecule has 2 aromatic carbocycles. The predicted octanol–water partition coefficient (Wildman–Crippen LogP) is 2.84. The van der Waals surface area contributed by atoms with Crippen LogP contribution in [0.3, 0.4) is 0 Å². The molecule has 1 heterocycles. The average Bonchev–Trinajstić information content (AvgIpc) is 2.84. The molecular formula is C16H18N2O. The molecular weight excluding hydrogens is 236 g/mol. The standard InChI is InChI=1S/C16H18N2O/c1-19-14-7-6-13(15(17)10-14)11-18-9-8-12-4-2-3-5-16(12)18/h2-7,10H,8-9,11,17H2,1H3. The third-order valence-electron chi connectivity index (χ3n) is 3.70. The summed E-state index contributed by atoms with van der Waals surface area (Å²) in [6.45, 7) is 1.91. The predicted molar refractivity (Wildman–Crippen MR) is 78.6 cm³/mol. The number of fused-ring (bicyclic) bond motifs is 1. The van der Waals surface area contributed by atoms with Crippen LogP contribution in [-0.2, 0) is 13.0 Å². The maximum Gasteiger partial charge on any atom is 0.120 e. The molecule has 98 valence electrons. The lowest BCUT2D eigenvalue weighted by molar-refractivity contribution is 0.415. The molecule has 3 nitrogen and oxygen atoms in total. The van der Waals surface area contributed by atoms with Crippen LogP contribution in [-0.4, -0.2) is 13.7 Å². The molecule has 1 aliphatic heterocycles. The minimum absolute atomic E-state index is 0.795. The van der Waals surface area contributed by atoms with E-state index in [2.05, 4.69) is 35.2 Å². The number of para-hydroxylation sites is 1. The Kier molecular flexibility index (Phi) is 3.03. The van der Waals surface area contributed by atoms with Crippen molar-refractivity contribution in [3.05, 3.63) is 53.6 Å². The van der Waals surface area contributed by atoms with Crippen molar-refractivity contribution < 1.29 is 4.74 Å². The van der Waals surface area contributed by atoms with Gasteiger partial charge in [0.1, 0.15) is 5.75 Å². The fraction of sp³-hybridized carbons (Fsp3) is 0.250. The van der Waals surface area contributed by atoms with E-state index in [9.17, 15) is 0 Å². The quantitative estimate of drug-likeness (QED) is 0.856. The van der Waals surface area contributed by atoms with E-state index >= 15 is 0 Å². The zero-order valence-electron chi connectivity index (χ0n) is 11.1. The topological polar surface area (TPSA) is 38.5 Å². The van der Waals surface area contributed by atoms with E-state index in [1.165, 1.54) is 11.3 Å². The van der Waals surface area contributed by atoms with Crippen LogP contribution in [0.15, 0.2) is 42.5 Å². The largest absolute Gasteiger partial charge is 0.497 e. The van der Waals surface area contributed by atoms with Gasteiger partial charge < -0.3 is 15.4 Å². The molecule has 3 heteroatoms. The van der Waals surface area contributed by atoms with Crippen LogP contribution in [0.5, 0.6) is 5.75 Å². The minimum Gasteiger partial charge on any atom is -0.497 e. The van der Waals surface area contributed by atoms with Gasteiger partial charge in [-0.25, -0.2) is 0 Å². The van der Waals surface area contributed by atoms with Crippen molar-refractivity contribution in [3.8, 4) is 5.75 Å². The second-order valence-electron chi connectivity index (χ2n) is 4.87. The van der Waals surface area contributed by atoms with Gasteiger partial charge >= 0.3 is 0 Å². The van der Waals surface area contributed by atoms with Gasteiger partial charge in [0.15, 0.2) is 0 Å². The van der Waals surface area contributed by atoms with Crippen LogP contribution in [0.25, 0.3) is 0 Å². The first-order valence-corrected chi connectivity index (χ1v) is 6.53. The molecule has 0 amide bonds. The number of rotatable bonds is 3. The van der Waals surface area contributed by atoms with Crippen LogP contribution in [0.2, 0.25) is 0 Å². The number of nitrogens with zero attached hydrogens (tertiary/aromatic N) is 1. The summed E-state index contributed by atoms with van der Waals surface area (Å²) in [5.41, 5.74) is 10.8. The van der Waals surface area contributed by atoms with Crippen LogP contribution in [0.4, 0.5) is 11.4 Å². The summed E-state index contributed by atoms with van der Waals surface area (Å²) in [6, 6.07) is 14.5. The summed E-state index contributed by atoms with van der Waals surface area (Å²) in [5, 5.41) is 0. The molecule has 0 saturated heterocycles. The average molecular weight is 254 g/mol. The van der Waals surface area contributed by atoms with Crippen molar-refractivity contribution in [2.24, 2.45) is 0 Å². The molecule has 0 aromatic heterocycles. The maximum absolute atomic E-state index is 6.09. The molecule has 19 heavy (non-hydrogen) atoms. The van der Waals surface area contributed by atoms with Crippen molar-refractivity contribution in [1.29, 1.82) is 0 Å². The minimum atomic E-state index is 0.795. The zero-order chi connectivity index (χ0) is 13.2. The first-order valence-electron chi connectivity index (χ1n) is 6.53. The summed E-state index contributed by atoms with van der Waals surface area (Å²) in [7, 11) is 1.66. The highest BCUT2D eigenvalue weighted by Gasteiger charge is 2.18. The Morgan fingerprint density at radius 3 is 2.84 bits per heavy atom. The molecule has 1 aliphatic rings. The molecule has 0 spiro atoms. The van der Waals surface area contributed by atoms with Crippen LogP contribution in [0.1, 0.15) is 11.1 Å². The Morgan fingerprint density at radius 2 is 2.05 bits per heavy atom. The first kappa shape index (κ1) is 11.9. The van der Waals surface area contributed by atoms with E-state index in [1.807, 2.05) is 12.1 Å². The highest BCUT2D eigenvalue weighted by Crippen LogP contribution is 2.30. The van der Waals surface area contributed by atoms with E-state index in [0.29, 0.717) is 0 Å². The van der Waals surface area contributed by atoms with Crippen LogP contribution < -0.4 is 15.4 Å². The first-order chi connectivity index (χ1) is 9.28. The molecule has 0 radical (unpaired) electrons. The van der Waals surface area contributed by atoms with Gasteiger partial charge in [-0.2, -0.15) is 0 Å². The lowest BCUT2D eigenvalue weighted by Gasteiger charge is -2.20. The van der Waals surface area contributed by atoms with Crippen molar-refractivity contribution in [1.82, 2.24) is 0 Å². The Bertz CT molecular complexity index is 595. The van der Waals surface area contributed by atoms with Crippen LogP contribution in [0, 0.1) is 0 Å². The van der Waals surface area contributed by atoms with E-state index < -0.39 is 0 Å². The van der Waals surface area contributed by atoms with Gasteiger partial charge in [0.05, 0.1) is 7.11 Å². The highest BCUT2D eigenvalue weighted by molar-refractivity contribution is 5.60. The Morgan fingerprint density at radius 1 is 1.21 bits per heavy atom. The molecule has 0 unspecified atom stereocenters. The summed E-state index contributed by atoms with van der Waals surface area (Å²) in [5.74, 6) is 0.808. The van der Waals surface area contributed by atoms with Gasteiger partial charge in [-0.1, -0.05) is 24.3 Å². The Hall–Kier alpha value is -2.16. The fourth-order valence-corrected chi connectivity index (χ4v) is 2.62. The van der Waals surface area contributed by atoms with Crippen molar-refractivity contribution in [3.63, 3.8) is 0 Å². The number of benzene rings is 2. The van der Waals surface area contributed by atoms with Crippen molar-refractivity contribution >= 4 is 11.4 Å². The Labute approximate surface area is 113 Å². The molecule has 0 saturated carbocycles. The summed E-state index contributed by atoms with van der Waals surface area (Å²) in [6.07, 6.45) is 1.12. The Balaban J connectivity index is 1.83. The molecule has 3 rings (SSSR count). The van der Waals surface area contributed by atoms with E-state index in [0.717, 1.165) is 36.5 Å². The summed E-state index contributed by atoms with van der Waals surface area (Å²) >= 11 is 0. The fourth-order valence-electron chi connectivity index (χ4n) is 2.62. The molecule has 0 bridgehead atoms. The maximum atomic E-state index is 6.09. The van der Waals surface area contributed by atoms with E-state index in [1.54, 1.807) is 7.11 Å². The molecule has 2 N–H and O–H groups in total. The number of nitrogens with two attached hydrogens (primary N) is 1. The molecule has 0 aliphatic carbocycles. The number of hydrogen-bond acceptors (Lipinski definition) is 3. The van der Waals surface area contributed by atoms with Crippen molar-refractivity contribution in [2.75, 3.05) is 24.3 Å². The highest BCUT2D eigenvalue weighted by atomic mass is 16.5. The summed E-state index contributed by atoms with van der Waals surface area (Å²) < 4.78 is 5.18. The second kappa shape index (κ2) is 4.84. The van der Waals surface area contributed by atoms with Gasteiger partial charge in [0, 0.05) is 30.5 Å².